The van der Waals surface area contributed by atoms with Crippen LogP contribution in [-0.4, -0.2) is 39.3 Å². The van der Waals surface area contributed by atoms with E-state index >= 15 is 0 Å². The van der Waals surface area contributed by atoms with Crippen molar-refractivity contribution in [2.24, 2.45) is 13.0 Å². The normalized spacial score (nSPS) is 20.0. The average molecular weight is 365 g/mol. The minimum absolute atomic E-state index is 0.119. The molecule has 3 aromatic rings. The molecule has 1 saturated heterocycles. The Hall–Kier alpha value is -1.86. The lowest BCUT2D eigenvalue weighted by Gasteiger charge is -2.11. The van der Waals surface area contributed by atoms with E-state index in [1.54, 1.807) is 10.9 Å². The highest BCUT2D eigenvalue weighted by Crippen LogP contribution is 2.33. The predicted molar refractivity (Wildman–Crippen MR) is 93.7 cm³/mol. The number of hydrogen-bond acceptors (Lipinski definition) is 4. The third-order valence-corrected chi connectivity index (χ3v) is 6.69. The fourth-order valence-corrected chi connectivity index (χ4v) is 5.50. The van der Waals surface area contributed by atoms with Crippen molar-refractivity contribution >= 4 is 32.3 Å². The second-order valence-electron chi connectivity index (χ2n) is 6.28. The molecular weight excluding hydrogens is 348 g/mol. The quantitative estimate of drug-likeness (QED) is 0.716. The van der Waals surface area contributed by atoms with Gasteiger partial charge >= 0.3 is 0 Å². The van der Waals surface area contributed by atoms with Crippen molar-refractivity contribution in [3.05, 3.63) is 35.6 Å². The monoisotopic (exact) mass is 364 g/mol. The van der Waals surface area contributed by atoms with Crippen molar-refractivity contribution in [2.75, 3.05) is 11.5 Å². The first-order valence-corrected chi connectivity index (χ1v) is 9.98. The molecule has 0 saturated carbocycles. The Bertz CT molecular complexity index is 1020. The van der Waals surface area contributed by atoms with Crippen LogP contribution >= 0.6 is 11.6 Å². The van der Waals surface area contributed by atoms with E-state index in [9.17, 15) is 8.42 Å². The summed E-state index contributed by atoms with van der Waals surface area (Å²) in [6.45, 7) is 0.622. The van der Waals surface area contributed by atoms with Gasteiger partial charge in [-0.1, -0.05) is 17.7 Å². The number of imidazole rings is 1. The van der Waals surface area contributed by atoms with Crippen LogP contribution in [0, 0.1) is 5.92 Å². The Morgan fingerprint density at radius 2 is 2.21 bits per heavy atom. The molecule has 1 aliphatic rings. The molecule has 0 N–H and O–H groups in total. The summed E-state index contributed by atoms with van der Waals surface area (Å²) >= 11 is 6.38. The number of benzene rings is 1. The predicted octanol–water partition coefficient (Wildman–Crippen LogP) is 2.52. The van der Waals surface area contributed by atoms with Crippen LogP contribution in [0.15, 0.2) is 30.6 Å². The Morgan fingerprint density at radius 3 is 2.96 bits per heavy atom. The molecule has 6 nitrogen and oxygen atoms in total. The van der Waals surface area contributed by atoms with Crippen LogP contribution < -0.4 is 0 Å². The maximum atomic E-state index is 11.7. The zero-order valence-electron chi connectivity index (χ0n) is 13.2. The molecule has 8 heteroatoms. The number of nitrogens with zero attached hydrogens (tertiary/aromatic N) is 4. The fraction of sp³-hybridized carbons (Fsp3) is 0.375. The smallest absolute Gasteiger partial charge is 0.161 e. The third kappa shape index (κ3) is 2.61. The second-order valence-corrected chi connectivity index (χ2v) is 8.91. The first kappa shape index (κ1) is 15.7. The van der Waals surface area contributed by atoms with Gasteiger partial charge in [0.25, 0.3) is 0 Å². The van der Waals surface area contributed by atoms with Crippen LogP contribution in [0.2, 0.25) is 5.02 Å². The van der Waals surface area contributed by atoms with Crippen LogP contribution in [0.25, 0.3) is 22.4 Å². The molecule has 2 aromatic heterocycles. The number of sulfone groups is 1. The van der Waals surface area contributed by atoms with E-state index in [0.717, 1.165) is 22.4 Å². The van der Waals surface area contributed by atoms with E-state index in [0.29, 0.717) is 18.0 Å². The van der Waals surface area contributed by atoms with Gasteiger partial charge in [0.05, 0.1) is 22.0 Å². The molecule has 1 atom stereocenters. The second kappa shape index (κ2) is 5.60. The number of hydrogen-bond donors (Lipinski definition) is 0. The molecule has 1 aliphatic heterocycles. The van der Waals surface area contributed by atoms with Gasteiger partial charge in [0.1, 0.15) is 5.69 Å². The van der Waals surface area contributed by atoms with E-state index in [2.05, 4.69) is 10.1 Å². The minimum Gasteiger partial charge on any atom is -0.329 e. The van der Waals surface area contributed by atoms with Crippen molar-refractivity contribution in [2.45, 2.75) is 13.0 Å². The van der Waals surface area contributed by atoms with E-state index in [1.165, 1.54) is 0 Å². The molecule has 0 aliphatic carbocycles. The zero-order valence-corrected chi connectivity index (χ0v) is 14.8. The summed E-state index contributed by atoms with van der Waals surface area (Å²) in [5.41, 5.74) is 1.67. The maximum absolute atomic E-state index is 11.7. The molecule has 0 unspecified atom stereocenters. The molecule has 0 amide bonds. The summed E-state index contributed by atoms with van der Waals surface area (Å²) < 4.78 is 27.1. The van der Waals surface area contributed by atoms with E-state index < -0.39 is 9.84 Å². The Labute approximate surface area is 145 Å². The molecule has 1 fully saturated rings. The maximum Gasteiger partial charge on any atom is 0.161 e. The molecule has 126 valence electrons. The molecule has 4 rings (SSSR count). The molecular formula is C16H17ClN4O2S. The van der Waals surface area contributed by atoms with Crippen molar-refractivity contribution in [3.8, 4) is 11.5 Å². The molecule has 24 heavy (non-hydrogen) atoms. The molecule has 3 heterocycles. The van der Waals surface area contributed by atoms with E-state index in [-0.39, 0.29) is 17.4 Å². The minimum atomic E-state index is -2.89. The van der Waals surface area contributed by atoms with Crippen LogP contribution in [-0.2, 0) is 23.4 Å². The average Bonchev–Trinajstić information content (AvgIpc) is 3.19. The van der Waals surface area contributed by atoms with Gasteiger partial charge in [0.15, 0.2) is 15.7 Å². The van der Waals surface area contributed by atoms with Gasteiger partial charge in [-0.25, -0.2) is 13.4 Å². The topological polar surface area (TPSA) is 69.8 Å². The number of rotatable bonds is 3. The van der Waals surface area contributed by atoms with Crippen molar-refractivity contribution in [3.63, 3.8) is 0 Å². The Balaban J connectivity index is 1.76. The highest BCUT2D eigenvalue weighted by Gasteiger charge is 2.29. The molecule has 0 spiro atoms. The summed E-state index contributed by atoms with van der Waals surface area (Å²) in [5.74, 6) is 1.36. The van der Waals surface area contributed by atoms with Crippen LogP contribution in [0.4, 0.5) is 0 Å². The van der Waals surface area contributed by atoms with Crippen molar-refractivity contribution < 1.29 is 8.42 Å². The lowest BCUT2D eigenvalue weighted by molar-refractivity contribution is 0.493. The van der Waals surface area contributed by atoms with Gasteiger partial charge in [0, 0.05) is 31.4 Å². The standard InChI is InChI=1S/C16H17ClN4O2S/c1-20-13-4-2-3-12(17)14(13)15(19-20)16-18-6-7-21(16)9-11-5-8-24(22,23)10-11/h2-4,6-7,11H,5,8-10H2,1H3/t11-/m1/s1. The van der Waals surface area contributed by atoms with Gasteiger partial charge in [-0.3, -0.25) is 4.68 Å². The number of halogens is 1. The van der Waals surface area contributed by atoms with Gasteiger partial charge in [0.2, 0.25) is 0 Å². The largest absolute Gasteiger partial charge is 0.329 e. The van der Waals surface area contributed by atoms with Crippen LogP contribution in [0.5, 0.6) is 0 Å². The van der Waals surface area contributed by atoms with Crippen LogP contribution in [0.3, 0.4) is 0 Å². The number of aryl methyl sites for hydroxylation is 1. The van der Waals surface area contributed by atoms with E-state index in [4.69, 9.17) is 11.6 Å². The fourth-order valence-electron chi connectivity index (χ4n) is 3.40. The van der Waals surface area contributed by atoms with Gasteiger partial charge in [-0.15, -0.1) is 0 Å². The molecule has 1 aromatic carbocycles. The van der Waals surface area contributed by atoms with Gasteiger partial charge < -0.3 is 4.57 Å². The van der Waals surface area contributed by atoms with Crippen molar-refractivity contribution in [1.82, 2.24) is 19.3 Å². The lowest BCUT2D eigenvalue weighted by atomic mass is 10.1. The summed E-state index contributed by atoms with van der Waals surface area (Å²) in [6.07, 6.45) is 4.29. The van der Waals surface area contributed by atoms with Gasteiger partial charge in [-0.2, -0.15) is 5.10 Å². The highest BCUT2D eigenvalue weighted by atomic mass is 35.5. The van der Waals surface area contributed by atoms with E-state index in [1.807, 2.05) is 36.0 Å². The number of aromatic nitrogens is 4. The Morgan fingerprint density at radius 1 is 1.38 bits per heavy atom. The Kier molecular flexibility index (Phi) is 3.65. The summed E-state index contributed by atoms with van der Waals surface area (Å²) in [7, 11) is -1.01. The first-order valence-electron chi connectivity index (χ1n) is 7.78. The zero-order chi connectivity index (χ0) is 16.9. The first-order chi connectivity index (χ1) is 11.4. The summed E-state index contributed by atoms with van der Waals surface area (Å²) in [4.78, 5) is 4.45. The molecule has 0 bridgehead atoms. The van der Waals surface area contributed by atoms with Crippen LogP contribution in [0.1, 0.15) is 6.42 Å². The SMILES string of the molecule is Cn1nc(-c2nccn2C[C@H]2CCS(=O)(=O)C2)c2c(Cl)cccc21. The molecule has 0 radical (unpaired) electrons. The lowest BCUT2D eigenvalue weighted by Crippen LogP contribution is -2.13. The van der Waals surface area contributed by atoms with Gasteiger partial charge in [-0.05, 0) is 24.5 Å². The summed E-state index contributed by atoms with van der Waals surface area (Å²) in [6, 6.07) is 5.70. The highest BCUT2D eigenvalue weighted by molar-refractivity contribution is 7.91. The van der Waals surface area contributed by atoms with Crippen molar-refractivity contribution in [1.29, 1.82) is 0 Å². The third-order valence-electron chi connectivity index (χ3n) is 4.54. The summed E-state index contributed by atoms with van der Waals surface area (Å²) in [5, 5.41) is 6.09. The number of fused-ring (bicyclic) bond motifs is 1.